The highest BCUT2D eigenvalue weighted by atomic mass is 35.5. The Bertz CT molecular complexity index is 377. The van der Waals surface area contributed by atoms with Crippen molar-refractivity contribution in [2.24, 2.45) is 5.73 Å². The molecule has 0 unspecified atom stereocenters. The molecule has 0 radical (unpaired) electrons. The number of ether oxygens (including phenoxy) is 1. The van der Waals surface area contributed by atoms with E-state index in [2.05, 4.69) is 0 Å². The van der Waals surface area contributed by atoms with Crippen LogP contribution in [0.1, 0.15) is 11.1 Å². The second kappa shape index (κ2) is 4.24. The first-order valence-corrected chi connectivity index (χ1v) is 4.47. The lowest BCUT2D eigenvalue weighted by Gasteiger charge is -2.39. The van der Waals surface area contributed by atoms with Gasteiger partial charge < -0.3 is 10.5 Å². The Kier molecular flexibility index (Phi) is 3.52. The number of nitrogens with two attached hydrogens (primary N) is 1. The molecule has 0 amide bonds. The first-order chi connectivity index (χ1) is 6.93. The molecule has 0 spiro atoms. The van der Waals surface area contributed by atoms with Crippen molar-refractivity contribution < 1.29 is 17.9 Å². The lowest BCUT2D eigenvalue weighted by molar-refractivity contribution is -0.141. The highest BCUT2D eigenvalue weighted by Crippen LogP contribution is 2.38. The van der Waals surface area contributed by atoms with E-state index in [0.717, 1.165) is 6.07 Å². The van der Waals surface area contributed by atoms with Crippen LogP contribution in [-0.4, -0.2) is 13.2 Å². The fraction of sp³-hybridized carbons (Fsp3) is 0.400. The third-order valence-corrected chi connectivity index (χ3v) is 2.49. The summed E-state index contributed by atoms with van der Waals surface area (Å²) in [6.07, 6.45) is -4.36. The van der Waals surface area contributed by atoms with Crippen molar-refractivity contribution in [2.45, 2.75) is 11.7 Å². The van der Waals surface area contributed by atoms with Crippen molar-refractivity contribution in [3.63, 3.8) is 0 Å². The topological polar surface area (TPSA) is 35.2 Å². The van der Waals surface area contributed by atoms with Gasteiger partial charge >= 0.3 is 6.18 Å². The molecule has 2 nitrogen and oxygen atoms in total. The molecule has 2 rings (SSSR count). The SMILES string of the molecule is Cl.NC1(c2ccccc2C(F)(F)F)COC1. The van der Waals surface area contributed by atoms with Crippen LogP contribution < -0.4 is 5.73 Å². The Morgan fingerprint density at radius 3 is 2.19 bits per heavy atom. The zero-order valence-corrected chi connectivity index (χ0v) is 9.07. The molecule has 1 aliphatic rings. The van der Waals surface area contributed by atoms with Gasteiger partial charge in [0.15, 0.2) is 0 Å². The minimum Gasteiger partial charge on any atom is -0.377 e. The smallest absolute Gasteiger partial charge is 0.377 e. The summed E-state index contributed by atoms with van der Waals surface area (Å²) >= 11 is 0. The minimum absolute atomic E-state index is 0. The molecule has 1 aromatic carbocycles. The maximum atomic E-state index is 12.6. The lowest BCUT2D eigenvalue weighted by Crippen LogP contribution is -2.55. The summed E-state index contributed by atoms with van der Waals surface area (Å²) in [6, 6.07) is 5.36. The number of benzene rings is 1. The molecule has 6 heteroatoms. The van der Waals surface area contributed by atoms with Crippen LogP contribution in [0.3, 0.4) is 0 Å². The van der Waals surface area contributed by atoms with Gasteiger partial charge in [-0.1, -0.05) is 18.2 Å². The van der Waals surface area contributed by atoms with Crippen LogP contribution in [0, 0.1) is 0 Å². The second-order valence-corrected chi connectivity index (χ2v) is 3.69. The number of halogens is 4. The van der Waals surface area contributed by atoms with E-state index in [9.17, 15) is 13.2 Å². The Hall–Kier alpha value is -0.780. The quantitative estimate of drug-likeness (QED) is 0.834. The van der Waals surface area contributed by atoms with Gasteiger partial charge in [0.1, 0.15) is 0 Å². The molecular weight excluding hydrogens is 243 g/mol. The van der Waals surface area contributed by atoms with Crippen LogP contribution in [0.2, 0.25) is 0 Å². The molecular formula is C10H11ClF3NO. The van der Waals surface area contributed by atoms with E-state index in [1.54, 1.807) is 6.07 Å². The van der Waals surface area contributed by atoms with Gasteiger partial charge in [-0.25, -0.2) is 0 Å². The second-order valence-electron chi connectivity index (χ2n) is 3.69. The highest BCUT2D eigenvalue weighted by Gasteiger charge is 2.43. The molecule has 0 bridgehead atoms. The van der Waals surface area contributed by atoms with Gasteiger partial charge in [-0.2, -0.15) is 13.2 Å². The van der Waals surface area contributed by atoms with Gasteiger partial charge in [-0.3, -0.25) is 0 Å². The van der Waals surface area contributed by atoms with Crippen LogP contribution >= 0.6 is 12.4 Å². The normalized spacial score (nSPS) is 18.5. The van der Waals surface area contributed by atoms with E-state index in [1.807, 2.05) is 0 Å². The van der Waals surface area contributed by atoms with Crippen molar-refractivity contribution in [1.82, 2.24) is 0 Å². The van der Waals surface area contributed by atoms with E-state index in [1.165, 1.54) is 12.1 Å². The number of hydrogen-bond acceptors (Lipinski definition) is 2. The van der Waals surface area contributed by atoms with Gasteiger partial charge in [0.2, 0.25) is 0 Å². The molecule has 1 heterocycles. The predicted octanol–water partition coefficient (Wildman–Crippen LogP) is 2.31. The summed E-state index contributed by atoms with van der Waals surface area (Å²) in [6.45, 7) is 0.278. The zero-order valence-electron chi connectivity index (χ0n) is 8.25. The van der Waals surface area contributed by atoms with E-state index < -0.39 is 17.3 Å². The first kappa shape index (κ1) is 13.3. The van der Waals surface area contributed by atoms with Crippen LogP contribution in [-0.2, 0) is 16.5 Å². The largest absolute Gasteiger partial charge is 0.416 e. The summed E-state index contributed by atoms with van der Waals surface area (Å²) in [5.74, 6) is 0. The monoisotopic (exact) mass is 253 g/mol. The first-order valence-electron chi connectivity index (χ1n) is 4.47. The standard InChI is InChI=1S/C10H10F3NO.ClH/c11-10(12,13)8-4-2-1-3-7(8)9(14)5-15-6-9;/h1-4H,5-6,14H2;1H. The predicted molar refractivity (Wildman–Crippen MR) is 55.4 cm³/mol. The minimum atomic E-state index is -4.36. The van der Waals surface area contributed by atoms with Crippen LogP contribution in [0.15, 0.2) is 24.3 Å². The molecule has 0 saturated carbocycles. The van der Waals surface area contributed by atoms with E-state index >= 15 is 0 Å². The molecule has 16 heavy (non-hydrogen) atoms. The molecule has 2 N–H and O–H groups in total. The number of alkyl halides is 3. The Morgan fingerprint density at radius 1 is 1.19 bits per heavy atom. The summed E-state index contributed by atoms with van der Waals surface area (Å²) in [5.41, 5.74) is 4.26. The van der Waals surface area contributed by atoms with E-state index in [0.29, 0.717) is 0 Å². The Balaban J connectivity index is 0.00000128. The fourth-order valence-electron chi connectivity index (χ4n) is 1.64. The molecule has 90 valence electrons. The molecule has 1 fully saturated rings. The van der Waals surface area contributed by atoms with E-state index in [-0.39, 0.29) is 31.2 Å². The number of hydrogen-bond donors (Lipinski definition) is 1. The Morgan fingerprint density at radius 2 is 1.75 bits per heavy atom. The zero-order chi connectivity index (χ0) is 11.1. The highest BCUT2D eigenvalue weighted by molar-refractivity contribution is 5.85. The third-order valence-electron chi connectivity index (χ3n) is 2.49. The molecule has 0 aliphatic carbocycles. The lowest BCUT2D eigenvalue weighted by atomic mass is 9.85. The van der Waals surface area contributed by atoms with Crippen molar-refractivity contribution in [3.05, 3.63) is 35.4 Å². The average molecular weight is 254 g/mol. The summed E-state index contributed by atoms with van der Waals surface area (Å²) in [7, 11) is 0. The van der Waals surface area contributed by atoms with Crippen molar-refractivity contribution in [2.75, 3.05) is 13.2 Å². The van der Waals surface area contributed by atoms with Gasteiger partial charge in [0.25, 0.3) is 0 Å². The van der Waals surface area contributed by atoms with Crippen molar-refractivity contribution >= 4 is 12.4 Å². The van der Waals surface area contributed by atoms with Crippen LogP contribution in [0.4, 0.5) is 13.2 Å². The summed E-state index contributed by atoms with van der Waals surface area (Å²) in [4.78, 5) is 0. The van der Waals surface area contributed by atoms with Gasteiger partial charge in [0.05, 0.1) is 24.3 Å². The summed E-state index contributed by atoms with van der Waals surface area (Å²) in [5, 5.41) is 0. The number of rotatable bonds is 1. The maximum absolute atomic E-state index is 12.6. The van der Waals surface area contributed by atoms with Crippen molar-refractivity contribution in [3.8, 4) is 0 Å². The molecule has 1 aliphatic heterocycles. The molecule has 0 atom stereocenters. The third kappa shape index (κ3) is 2.16. The maximum Gasteiger partial charge on any atom is 0.416 e. The van der Waals surface area contributed by atoms with Gasteiger partial charge in [-0.15, -0.1) is 12.4 Å². The Labute approximate surface area is 97.0 Å². The molecule has 1 aromatic rings. The fourth-order valence-corrected chi connectivity index (χ4v) is 1.64. The summed E-state index contributed by atoms with van der Waals surface area (Å²) < 4.78 is 42.8. The van der Waals surface area contributed by atoms with Gasteiger partial charge in [-0.05, 0) is 11.6 Å². The van der Waals surface area contributed by atoms with Gasteiger partial charge in [0, 0.05) is 0 Å². The molecule has 1 saturated heterocycles. The van der Waals surface area contributed by atoms with Crippen LogP contribution in [0.5, 0.6) is 0 Å². The van der Waals surface area contributed by atoms with E-state index in [4.69, 9.17) is 10.5 Å². The van der Waals surface area contributed by atoms with Crippen LogP contribution in [0.25, 0.3) is 0 Å². The average Bonchev–Trinajstić information content (AvgIpc) is 2.13. The molecule has 0 aromatic heterocycles. The van der Waals surface area contributed by atoms with Crippen molar-refractivity contribution in [1.29, 1.82) is 0 Å².